The van der Waals surface area contributed by atoms with Crippen molar-refractivity contribution in [2.24, 2.45) is 0 Å². The van der Waals surface area contributed by atoms with E-state index >= 15 is 0 Å². The SMILES string of the molecule is CSCC[C@H](NC(=O)c1ccco1)C(=O)NNC(=O)CSc1ccccc1F. The highest BCUT2D eigenvalue weighted by atomic mass is 32.2. The zero-order chi connectivity index (χ0) is 20.4. The number of thioether (sulfide) groups is 2. The second kappa shape index (κ2) is 11.4. The predicted octanol–water partition coefficient (Wildman–Crippen LogP) is 2.21. The molecule has 0 radical (unpaired) electrons. The molecule has 0 saturated carbocycles. The van der Waals surface area contributed by atoms with Crippen LogP contribution in [-0.4, -0.2) is 41.5 Å². The highest BCUT2D eigenvalue weighted by molar-refractivity contribution is 8.00. The van der Waals surface area contributed by atoms with Crippen molar-refractivity contribution in [2.45, 2.75) is 17.4 Å². The minimum absolute atomic E-state index is 0.0740. The molecule has 0 fully saturated rings. The number of benzene rings is 1. The summed E-state index contributed by atoms with van der Waals surface area (Å²) >= 11 is 2.54. The lowest BCUT2D eigenvalue weighted by molar-refractivity contribution is -0.128. The molecule has 0 unspecified atom stereocenters. The van der Waals surface area contributed by atoms with Crippen LogP contribution in [-0.2, 0) is 9.59 Å². The van der Waals surface area contributed by atoms with Crippen molar-refractivity contribution in [1.82, 2.24) is 16.2 Å². The van der Waals surface area contributed by atoms with Crippen LogP contribution < -0.4 is 16.2 Å². The first-order chi connectivity index (χ1) is 13.5. The summed E-state index contributed by atoms with van der Waals surface area (Å²) in [6, 6.07) is 8.31. The van der Waals surface area contributed by atoms with Crippen molar-refractivity contribution in [3.05, 3.63) is 54.2 Å². The van der Waals surface area contributed by atoms with E-state index < -0.39 is 29.6 Å². The molecule has 2 rings (SSSR count). The quantitative estimate of drug-likeness (QED) is 0.421. The van der Waals surface area contributed by atoms with Gasteiger partial charge in [-0.2, -0.15) is 11.8 Å². The Morgan fingerprint density at radius 3 is 2.61 bits per heavy atom. The summed E-state index contributed by atoms with van der Waals surface area (Å²) in [6.07, 6.45) is 3.61. The van der Waals surface area contributed by atoms with Crippen molar-refractivity contribution in [2.75, 3.05) is 17.8 Å². The average molecular weight is 426 g/mol. The van der Waals surface area contributed by atoms with Gasteiger partial charge in [0.1, 0.15) is 11.9 Å². The Bertz CT molecular complexity index is 802. The first-order valence-electron chi connectivity index (χ1n) is 8.30. The molecule has 3 N–H and O–H groups in total. The van der Waals surface area contributed by atoms with Crippen LogP contribution >= 0.6 is 23.5 Å². The van der Waals surface area contributed by atoms with Crippen molar-refractivity contribution in [3.8, 4) is 0 Å². The lowest BCUT2D eigenvalue weighted by Crippen LogP contribution is -2.52. The van der Waals surface area contributed by atoms with E-state index in [2.05, 4.69) is 16.2 Å². The molecule has 0 spiro atoms. The number of halogens is 1. The largest absolute Gasteiger partial charge is 0.459 e. The number of nitrogens with one attached hydrogen (secondary N) is 3. The smallest absolute Gasteiger partial charge is 0.287 e. The molecule has 1 heterocycles. The standard InChI is InChI=1S/C18H20FN3O4S2/c1-27-10-8-13(20-18(25)14-6-4-9-26-14)17(24)22-21-16(23)11-28-15-7-3-2-5-12(15)19/h2-7,9,13H,8,10-11H2,1H3,(H,20,25)(H,21,23)(H,22,24)/t13-/m0/s1. The number of carbonyl (C=O) groups is 3. The first-order valence-corrected chi connectivity index (χ1v) is 10.7. The van der Waals surface area contributed by atoms with E-state index in [9.17, 15) is 18.8 Å². The van der Waals surface area contributed by atoms with Crippen LogP contribution in [0.5, 0.6) is 0 Å². The summed E-state index contributed by atoms with van der Waals surface area (Å²) < 4.78 is 18.6. The molecule has 0 saturated heterocycles. The number of furan rings is 1. The van der Waals surface area contributed by atoms with Crippen molar-refractivity contribution in [1.29, 1.82) is 0 Å². The molecular weight excluding hydrogens is 405 g/mol. The van der Waals surface area contributed by atoms with E-state index in [1.165, 1.54) is 30.2 Å². The van der Waals surface area contributed by atoms with Gasteiger partial charge in [0.2, 0.25) is 5.91 Å². The fraction of sp³-hybridized carbons (Fsp3) is 0.278. The Labute approximate surface area is 170 Å². The van der Waals surface area contributed by atoms with Crippen LogP contribution in [0.25, 0.3) is 0 Å². The third-order valence-electron chi connectivity index (χ3n) is 3.50. The summed E-state index contributed by atoms with van der Waals surface area (Å²) in [5.41, 5.74) is 4.57. The number of rotatable bonds is 9. The average Bonchev–Trinajstić information content (AvgIpc) is 3.23. The van der Waals surface area contributed by atoms with Crippen LogP contribution in [0.3, 0.4) is 0 Å². The second-order valence-corrected chi connectivity index (χ2v) is 7.54. The van der Waals surface area contributed by atoms with E-state index in [0.29, 0.717) is 17.1 Å². The van der Waals surface area contributed by atoms with Gasteiger partial charge in [0.15, 0.2) is 5.76 Å². The van der Waals surface area contributed by atoms with E-state index in [1.54, 1.807) is 24.3 Å². The second-order valence-electron chi connectivity index (χ2n) is 5.54. The molecule has 1 atom stereocenters. The van der Waals surface area contributed by atoms with Crippen LogP contribution in [0.15, 0.2) is 52.0 Å². The lowest BCUT2D eigenvalue weighted by atomic mass is 10.2. The van der Waals surface area contributed by atoms with Gasteiger partial charge < -0.3 is 9.73 Å². The Kier molecular flexibility index (Phi) is 8.89. The van der Waals surface area contributed by atoms with Gasteiger partial charge in [0, 0.05) is 4.90 Å². The van der Waals surface area contributed by atoms with Crippen molar-refractivity contribution in [3.63, 3.8) is 0 Å². The zero-order valence-corrected chi connectivity index (χ0v) is 16.7. The first kappa shape index (κ1) is 21.8. The van der Waals surface area contributed by atoms with Crippen molar-refractivity contribution >= 4 is 41.2 Å². The minimum atomic E-state index is -0.843. The normalized spacial score (nSPS) is 11.5. The van der Waals surface area contributed by atoms with Crippen LogP contribution in [0.1, 0.15) is 17.0 Å². The molecular formula is C18H20FN3O4S2. The molecule has 3 amide bonds. The van der Waals surface area contributed by atoms with Crippen molar-refractivity contribution < 1.29 is 23.2 Å². The maximum absolute atomic E-state index is 13.5. The number of amides is 3. The zero-order valence-electron chi connectivity index (χ0n) is 15.1. The van der Waals surface area contributed by atoms with Gasteiger partial charge in [-0.3, -0.25) is 25.2 Å². The molecule has 0 bridgehead atoms. The Morgan fingerprint density at radius 2 is 1.93 bits per heavy atom. The third kappa shape index (κ3) is 6.93. The maximum Gasteiger partial charge on any atom is 0.287 e. The van der Waals surface area contributed by atoms with E-state index in [-0.39, 0.29) is 11.5 Å². The van der Waals surface area contributed by atoms with Gasteiger partial charge in [-0.25, -0.2) is 4.39 Å². The van der Waals surface area contributed by atoms with Gasteiger partial charge in [0.05, 0.1) is 12.0 Å². The van der Waals surface area contributed by atoms with Gasteiger partial charge in [0.25, 0.3) is 11.8 Å². The molecule has 0 aliphatic rings. The highest BCUT2D eigenvalue weighted by Crippen LogP contribution is 2.20. The van der Waals surface area contributed by atoms with E-state index in [1.807, 2.05) is 6.26 Å². The summed E-state index contributed by atoms with van der Waals surface area (Å²) in [7, 11) is 0. The monoisotopic (exact) mass is 425 g/mol. The molecule has 0 aliphatic carbocycles. The van der Waals surface area contributed by atoms with Gasteiger partial charge in [-0.05, 0) is 42.7 Å². The summed E-state index contributed by atoms with van der Waals surface area (Å²) in [4.78, 5) is 36.7. The Balaban J connectivity index is 1.83. The topological polar surface area (TPSA) is 100 Å². The predicted molar refractivity (Wildman–Crippen MR) is 106 cm³/mol. The molecule has 1 aromatic heterocycles. The molecule has 1 aromatic carbocycles. The molecule has 10 heteroatoms. The summed E-state index contributed by atoms with van der Waals surface area (Å²) in [5, 5.41) is 2.58. The number of hydrazine groups is 1. The molecule has 28 heavy (non-hydrogen) atoms. The molecule has 7 nitrogen and oxygen atoms in total. The van der Waals surface area contributed by atoms with Crippen LogP contribution in [0.4, 0.5) is 4.39 Å². The fourth-order valence-corrected chi connectivity index (χ4v) is 3.31. The van der Waals surface area contributed by atoms with E-state index in [0.717, 1.165) is 11.8 Å². The lowest BCUT2D eigenvalue weighted by Gasteiger charge is -2.17. The minimum Gasteiger partial charge on any atom is -0.459 e. The van der Waals surface area contributed by atoms with E-state index in [4.69, 9.17) is 4.42 Å². The Hall–Kier alpha value is -2.46. The number of carbonyl (C=O) groups excluding carboxylic acids is 3. The molecule has 0 aliphatic heterocycles. The summed E-state index contributed by atoms with van der Waals surface area (Å²) in [5.74, 6) is -1.34. The third-order valence-corrected chi connectivity index (χ3v) is 5.19. The number of hydrogen-bond acceptors (Lipinski definition) is 6. The maximum atomic E-state index is 13.5. The van der Waals surface area contributed by atoms with Gasteiger partial charge in [-0.1, -0.05) is 12.1 Å². The highest BCUT2D eigenvalue weighted by Gasteiger charge is 2.22. The van der Waals surface area contributed by atoms with Gasteiger partial charge in [-0.15, -0.1) is 11.8 Å². The molecule has 2 aromatic rings. The summed E-state index contributed by atoms with van der Waals surface area (Å²) in [6.45, 7) is 0. The Morgan fingerprint density at radius 1 is 1.14 bits per heavy atom. The van der Waals surface area contributed by atoms with Crippen LogP contribution in [0, 0.1) is 5.82 Å². The fourth-order valence-electron chi connectivity index (χ4n) is 2.10. The van der Waals surface area contributed by atoms with Crippen LogP contribution in [0.2, 0.25) is 0 Å². The molecule has 150 valence electrons. The number of hydrogen-bond donors (Lipinski definition) is 3. The van der Waals surface area contributed by atoms with Gasteiger partial charge >= 0.3 is 0 Å².